The van der Waals surface area contributed by atoms with Gasteiger partial charge in [0.05, 0.1) is 16.7 Å². The number of carbonyl (C=O) groups is 1. The van der Waals surface area contributed by atoms with E-state index in [0.29, 0.717) is 12.8 Å². The minimum Gasteiger partial charge on any atom is -0.454 e. The van der Waals surface area contributed by atoms with Crippen LogP contribution in [0.1, 0.15) is 19.8 Å². The molecule has 1 aromatic heterocycles. The summed E-state index contributed by atoms with van der Waals surface area (Å²) >= 11 is 0. The van der Waals surface area contributed by atoms with Crippen LogP contribution in [0.25, 0.3) is 0 Å². The van der Waals surface area contributed by atoms with E-state index in [1.807, 2.05) is 6.92 Å². The highest BCUT2D eigenvalue weighted by Crippen LogP contribution is 2.28. The predicted molar refractivity (Wildman–Crippen MR) is 88.6 cm³/mol. The fourth-order valence-corrected chi connectivity index (χ4v) is 1.91. The summed E-state index contributed by atoms with van der Waals surface area (Å²) in [6.45, 7) is 1.85. The molecule has 0 saturated carbocycles. The Kier molecular flexibility index (Phi) is 5.72. The molecule has 1 amide bonds. The summed E-state index contributed by atoms with van der Waals surface area (Å²) in [6.07, 6.45) is 2.36. The number of pyridine rings is 1. The Morgan fingerprint density at radius 1 is 1.40 bits per heavy atom. The van der Waals surface area contributed by atoms with Crippen molar-refractivity contribution in [1.82, 2.24) is 4.98 Å². The SMILES string of the molecule is CCCC(=N)C(=O)Nc1cc(Oc2ccc([N+](=O)[O-])cc2F)ccn1. The highest BCUT2D eigenvalue weighted by molar-refractivity contribution is 6.41. The molecule has 2 rings (SSSR count). The first-order valence-electron chi connectivity index (χ1n) is 7.37. The van der Waals surface area contributed by atoms with Gasteiger partial charge in [0.15, 0.2) is 11.6 Å². The molecule has 1 aromatic carbocycles. The zero-order chi connectivity index (χ0) is 18.4. The summed E-state index contributed by atoms with van der Waals surface area (Å²) in [5, 5.41) is 20.6. The van der Waals surface area contributed by atoms with Crippen LogP contribution in [0.2, 0.25) is 0 Å². The molecule has 0 bridgehead atoms. The first-order chi connectivity index (χ1) is 11.9. The second-order valence-corrected chi connectivity index (χ2v) is 5.03. The molecule has 0 aliphatic heterocycles. The van der Waals surface area contributed by atoms with E-state index < -0.39 is 16.6 Å². The Labute approximate surface area is 142 Å². The van der Waals surface area contributed by atoms with Crippen molar-refractivity contribution in [2.75, 3.05) is 5.32 Å². The lowest BCUT2D eigenvalue weighted by atomic mass is 10.2. The molecule has 8 nitrogen and oxygen atoms in total. The number of nitro groups is 1. The summed E-state index contributed by atoms with van der Waals surface area (Å²) in [5.41, 5.74) is -0.459. The number of aromatic nitrogens is 1. The molecule has 0 saturated heterocycles. The van der Waals surface area contributed by atoms with Gasteiger partial charge in [-0.05, 0) is 18.6 Å². The summed E-state index contributed by atoms with van der Waals surface area (Å²) in [4.78, 5) is 25.6. The van der Waals surface area contributed by atoms with Gasteiger partial charge in [0, 0.05) is 18.3 Å². The number of nitrogens with one attached hydrogen (secondary N) is 2. The van der Waals surface area contributed by atoms with Crippen LogP contribution in [-0.4, -0.2) is 21.5 Å². The van der Waals surface area contributed by atoms with Gasteiger partial charge in [-0.25, -0.2) is 9.37 Å². The van der Waals surface area contributed by atoms with Crippen LogP contribution in [-0.2, 0) is 4.79 Å². The maximum Gasteiger partial charge on any atom is 0.272 e. The van der Waals surface area contributed by atoms with Crippen molar-refractivity contribution in [2.45, 2.75) is 19.8 Å². The zero-order valence-electron chi connectivity index (χ0n) is 13.3. The molecule has 2 aromatic rings. The second kappa shape index (κ2) is 7.95. The van der Waals surface area contributed by atoms with E-state index in [0.717, 1.165) is 18.2 Å². The van der Waals surface area contributed by atoms with E-state index in [4.69, 9.17) is 10.1 Å². The molecular weight excluding hydrogens is 331 g/mol. The topological polar surface area (TPSA) is 118 Å². The Morgan fingerprint density at radius 2 is 2.16 bits per heavy atom. The van der Waals surface area contributed by atoms with Crippen molar-refractivity contribution in [1.29, 1.82) is 5.41 Å². The fourth-order valence-electron chi connectivity index (χ4n) is 1.91. The first-order valence-corrected chi connectivity index (χ1v) is 7.37. The molecule has 130 valence electrons. The molecule has 1 heterocycles. The number of amides is 1. The van der Waals surface area contributed by atoms with Crippen LogP contribution >= 0.6 is 0 Å². The van der Waals surface area contributed by atoms with Crippen LogP contribution in [0.5, 0.6) is 11.5 Å². The van der Waals surface area contributed by atoms with Crippen LogP contribution < -0.4 is 10.1 Å². The zero-order valence-corrected chi connectivity index (χ0v) is 13.3. The number of ether oxygens (including phenoxy) is 1. The van der Waals surface area contributed by atoms with Crippen molar-refractivity contribution >= 4 is 23.1 Å². The molecule has 0 fully saturated rings. The van der Waals surface area contributed by atoms with Gasteiger partial charge in [-0.3, -0.25) is 20.3 Å². The standard InChI is InChI=1S/C16H15FN4O4/c1-2-3-13(18)16(22)20-15-9-11(6-7-19-15)25-14-5-4-10(21(23)24)8-12(14)17/h4-9,18H,2-3H2,1H3,(H,19,20,22). The highest BCUT2D eigenvalue weighted by atomic mass is 19.1. The second-order valence-electron chi connectivity index (χ2n) is 5.03. The lowest BCUT2D eigenvalue weighted by Gasteiger charge is -2.09. The quantitative estimate of drug-likeness (QED) is 0.450. The van der Waals surface area contributed by atoms with E-state index in [9.17, 15) is 19.3 Å². The number of carbonyl (C=O) groups excluding carboxylic acids is 1. The van der Waals surface area contributed by atoms with Gasteiger partial charge in [0.2, 0.25) is 0 Å². The molecule has 0 aliphatic carbocycles. The van der Waals surface area contributed by atoms with Gasteiger partial charge >= 0.3 is 0 Å². The van der Waals surface area contributed by atoms with Gasteiger partial charge in [0.25, 0.3) is 11.6 Å². The summed E-state index contributed by atoms with van der Waals surface area (Å²) in [6, 6.07) is 5.81. The normalized spacial score (nSPS) is 10.2. The number of nitro benzene ring substituents is 1. The first kappa shape index (κ1) is 18.0. The van der Waals surface area contributed by atoms with E-state index in [2.05, 4.69) is 10.3 Å². The fraction of sp³-hybridized carbons (Fsp3) is 0.188. The van der Waals surface area contributed by atoms with Gasteiger partial charge in [-0.2, -0.15) is 0 Å². The van der Waals surface area contributed by atoms with Gasteiger partial charge in [-0.15, -0.1) is 0 Å². The molecular formula is C16H15FN4O4. The molecule has 0 aliphatic rings. The van der Waals surface area contributed by atoms with E-state index in [1.54, 1.807) is 0 Å². The maximum absolute atomic E-state index is 13.9. The van der Waals surface area contributed by atoms with E-state index in [1.165, 1.54) is 18.3 Å². The summed E-state index contributed by atoms with van der Waals surface area (Å²) in [7, 11) is 0. The third-order valence-electron chi connectivity index (χ3n) is 3.10. The van der Waals surface area contributed by atoms with Crippen LogP contribution in [0.3, 0.4) is 0 Å². The lowest BCUT2D eigenvalue weighted by molar-refractivity contribution is -0.385. The molecule has 0 radical (unpaired) electrons. The average molecular weight is 346 g/mol. The lowest BCUT2D eigenvalue weighted by Crippen LogP contribution is -2.22. The Balaban J connectivity index is 2.13. The highest BCUT2D eigenvalue weighted by Gasteiger charge is 2.13. The van der Waals surface area contributed by atoms with Gasteiger partial charge in [0.1, 0.15) is 11.6 Å². The predicted octanol–water partition coefficient (Wildman–Crippen LogP) is 3.68. The number of rotatable bonds is 7. The monoisotopic (exact) mass is 346 g/mol. The minimum atomic E-state index is -0.888. The molecule has 0 unspecified atom stereocenters. The number of nitrogens with zero attached hydrogens (tertiary/aromatic N) is 2. The smallest absolute Gasteiger partial charge is 0.272 e. The maximum atomic E-state index is 13.9. The third-order valence-corrected chi connectivity index (χ3v) is 3.10. The van der Waals surface area contributed by atoms with Crippen molar-refractivity contribution in [2.24, 2.45) is 0 Å². The molecule has 0 spiro atoms. The Bertz CT molecular complexity index is 826. The molecule has 0 atom stereocenters. The Hall–Kier alpha value is -3.36. The average Bonchev–Trinajstić information content (AvgIpc) is 2.57. The largest absolute Gasteiger partial charge is 0.454 e. The van der Waals surface area contributed by atoms with Crippen molar-refractivity contribution < 1.29 is 18.8 Å². The van der Waals surface area contributed by atoms with Crippen molar-refractivity contribution in [3.8, 4) is 11.5 Å². The number of anilines is 1. The minimum absolute atomic E-state index is 0.0722. The Morgan fingerprint density at radius 3 is 2.80 bits per heavy atom. The molecule has 9 heteroatoms. The van der Waals surface area contributed by atoms with Crippen LogP contribution in [0, 0.1) is 21.3 Å². The third kappa shape index (κ3) is 4.80. The van der Waals surface area contributed by atoms with Gasteiger partial charge in [-0.1, -0.05) is 13.3 Å². The summed E-state index contributed by atoms with van der Waals surface area (Å²) in [5.74, 6) is -1.34. The van der Waals surface area contributed by atoms with Crippen molar-refractivity contribution in [3.63, 3.8) is 0 Å². The van der Waals surface area contributed by atoms with E-state index >= 15 is 0 Å². The number of hydrogen-bond donors (Lipinski definition) is 2. The number of benzene rings is 1. The van der Waals surface area contributed by atoms with E-state index in [-0.39, 0.29) is 28.7 Å². The van der Waals surface area contributed by atoms with Crippen LogP contribution in [0.15, 0.2) is 36.5 Å². The van der Waals surface area contributed by atoms with Crippen LogP contribution in [0.4, 0.5) is 15.9 Å². The number of hydrogen-bond acceptors (Lipinski definition) is 6. The number of halogens is 1. The molecule has 2 N–H and O–H groups in total. The summed E-state index contributed by atoms with van der Waals surface area (Å²) < 4.78 is 19.2. The van der Waals surface area contributed by atoms with Crippen molar-refractivity contribution in [3.05, 3.63) is 52.5 Å². The number of non-ortho nitro benzene ring substituents is 1. The molecule has 25 heavy (non-hydrogen) atoms. The van der Waals surface area contributed by atoms with Gasteiger partial charge < -0.3 is 10.1 Å².